The Hall–Kier alpha value is -0.810. The number of rotatable bonds is 6. The first kappa shape index (κ1) is 19.5. The van der Waals surface area contributed by atoms with Crippen molar-refractivity contribution in [2.24, 2.45) is 0 Å². The Balaban J connectivity index is 0. The standard InChI is InChI=1S/C9H18O3.C4H10O2/c1-3-5-6-7-8-12-9(10)11-4-2;1-4(2,3)6-5/h3-8H2,1-2H3;5H,1-3H3. The molecule has 0 unspecified atom stereocenters. The third kappa shape index (κ3) is 20.6. The van der Waals surface area contributed by atoms with E-state index in [1.165, 1.54) is 12.8 Å². The van der Waals surface area contributed by atoms with Crippen LogP contribution in [-0.2, 0) is 14.4 Å². The van der Waals surface area contributed by atoms with Gasteiger partial charge >= 0.3 is 6.16 Å². The molecule has 18 heavy (non-hydrogen) atoms. The molecule has 0 radical (unpaired) electrons. The van der Waals surface area contributed by atoms with Crippen LogP contribution >= 0.6 is 0 Å². The minimum absolute atomic E-state index is 0.383. The lowest BCUT2D eigenvalue weighted by atomic mass is 10.2. The molecule has 0 rings (SSSR count). The quantitative estimate of drug-likeness (QED) is 0.340. The van der Waals surface area contributed by atoms with Crippen LogP contribution in [0.2, 0.25) is 0 Å². The summed E-state index contributed by atoms with van der Waals surface area (Å²) in [7, 11) is 0. The van der Waals surface area contributed by atoms with Crippen LogP contribution in [0.1, 0.15) is 60.3 Å². The van der Waals surface area contributed by atoms with Gasteiger partial charge in [-0.05, 0) is 34.1 Å². The fourth-order valence-corrected chi connectivity index (χ4v) is 0.844. The molecule has 0 fully saturated rings. The molecule has 0 amide bonds. The van der Waals surface area contributed by atoms with Crippen molar-refractivity contribution < 1.29 is 24.4 Å². The Morgan fingerprint density at radius 3 is 2.00 bits per heavy atom. The Bertz CT molecular complexity index is 186. The molecule has 0 spiro atoms. The van der Waals surface area contributed by atoms with E-state index in [1.807, 2.05) is 0 Å². The Labute approximate surface area is 110 Å². The zero-order valence-corrected chi connectivity index (χ0v) is 12.3. The average molecular weight is 264 g/mol. The van der Waals surface area contributed by atoms with Gasteiger partial charge in [0.15, 0.2) is 0 Å². The predicted octanol–water partition coefficient (Wildman–Crippen LogP) is 4.01. The molecule has 0 aromatic carbocycles. The van der Waals surface area contributed by atoms with Crippen molar-refractivity contribution in [1.82, 2.24) is 0 Å². The van der Waals surface area contributed by atoms with Gasteiger partial charge in [-0.15, -0.1) is 0 Å². The fraction of sp³-hybridized carbons (Fsp3) is 0.923. The Morgan fingerprint density at radius 1 is 1.06 bits per heavy atom. The van der Waals surface area contributed by atoms with E-state index in [0.717, 1.165) is 12.8 Å². The second kappa shape index (κ2) is 12.6. The maximum atomic E-state index is 10.6. The van der Waals surface area contributed by atoms with Gasteiger partial charge < -0.3 is 9.47 Å². The highest BCUT2D eigenvalue weighted by Crippen LogP contribution is 2.01. The second-order valence-electron chi connectivity index (χ2n) is 4.80. The van der Waals surface area contributed by atoms with Crippen LogP contribution in [-0.4, -0.2) is 30.2 Å². The monoisotopic (exact) mass is 264 g/mol. The van der Waals surface area contributed by atoms with Crippen LogP contribution in [0.5, 0.6) is 0 Å². The topological polar surface area (TPSA) is 65.0 Å². The lowest BCUT2D eigenvalue weighted by molar-refractivity contribution is -0.306. The maximum Gasteiger partial charge on any atom is 0.508 e. The molecule has 5 heteroatoms. The van der Waals surface area contributed by atoms with Gasteiger partial charge in [-0.2, -0.15) is 0 Å². The number of ether oxygens (including phenoxy) is 2. The highest BCUT2D eigenvalue weighted by molar-refractivity contribution is 5.59. The highest BCUT2D eigenvalue weighted by atomic mass is 17.1. The molecule has 0 saturated carbocycles. The molecule has 0 aromatic rings. The van der Waals surface area contributed by atoms with E-state index in [2.05, 4.69) is 16.5 Å². The van der Waals surface area contributed by atoms with Gasteiger partial charge in [-0.1, -0.05) is 26.2 Å². The molecular formula is C13H28O5. The van der Waals surface area contributed by atoms with Crippen LogP contribution in [0, 0.1) is 0 Å². The van der Waals surface area contributed by atoms with Crippen LogP contribution in [0.15, 0.2) is 0 Å². The van der Waals surface area contributed by atoms with E-state index in [4.69, 9.17) is 9.99 Å². The molecule has 0 aliphatic rings. The molecular weight excluding hydrogens is 236 g/mol. The van der Waals surface area contributed by atoms with Crippen LogP contribution in [0.3, 0.4) is 0 Å². The molecule has 5 nitrogen and oxygen atoms in total. The third-order valence-electron chi connectivity index (χ3n) is 1.75. The van der Waals surface area contributed by atoms with Gasteiger partial charge in [0, 0.05) is 0 Å². The number of carbonyl (C=O) groups is 1. The van der Waals surface area contributed by atoms with Crippen molar-refractivity contribution in [2.75, 3.05) is 13.2 Å². The second-order valence-corrected chi connectivity index (χ2v) is 4.80. The lowest BCUT2D eigenvalue weighted by Gasteiger charge is -2.10. The van der Waals surface area contributed by atoms with Crippen LogP contribution < -0.4 is 0 Å². The predicted molar refractivity (Wildman–Crippen MR) is 70.6 cm³/mol. The summed E-state index contributed by atoms with van der Waals surface area (Å²) in [5, 5.41) is 7.90. The largest absolute Gasteiger partial charge is 0.508 e. The number of carbonyl (C=O) groups excluding carboxylic acids is 1. The van der Waals surface area contributed by atoms with Crippen molar-refractivity contribution in [3.63, 3.8) is 0 Å². The summed E-state index contributed by atoms with van der Waals surface area (Å²) in [6.45, 7) is 10.1. The van der Waals surface area contributed by atoms with Crippen molar-refractivity contribution in [1.29, 1.82) is 0 Å². The minimum atomic E-state index is -0.547. The first-order chi connectivity index (χ1) is 8.37. The first-order valence-corrected chi connectivity index (χ1v) is 6.49. The lowest BCUT2D eigenvalue weighted by Crippen LogP contribution is -2.15. The maximum absolute atomic E-state index is 10.6. The Kier molecular flexibility index (Phi) is 13.7. The summed E-state index contributed by atoms with van der Waals surface area (Å²) in [6, 6.07) is 0. The summed E-state index contributed by atoms with van der Waals surface area (Å²) in [4.78, 5) is 14.6. The van der Waals surface area contributed by atoms with Gasteiger partial charge in [0.25, 0.3) is 0 Å². The van der Waals surface area contributed by atoms with E-state index in [1.54, 1.807) is 27.7 Å². The van der Waals surface area contributed by atoms with Gasteiger partial charge in [0.2, 0.25) is 0 Å². The van der Waals surface area contributed by atoms with Crippen molar-refractivity contribution in [2.45, 2.75) is 65.9 Å². The molecule has 0 aliphatic heterocycles. The van der Waals surface area contributed by atoms with Gasteiger partial charge in [-0.3, -0.25) is 5.26 Å². The smallest absolute Gasteiger partial charge is 0.435 e. The number of hydrogen-bond acceptors (Lipinski definition) is 5. The number of hydrogen-bond donors (Lipinski definition) is 1. The van der Waals surface area contributed by atoms with E-state index in [-0.39, 0.29) is 0 Å². The normalized spacial score (nSPS) is 10.3. The minimum Gasteiger partial charge on any atom is -0.435 e. The van der Waals surface area contributed by atoms with Crippen molar-refractivity contribution in [3.05, 3.63) is 0 Å². The van der Waals surface area contributed by atoms with Crippen LogP contribution in [0.25, 0.3) is 0 Å². The first-order valence-electron chi connectivity index (χ1n) is 6.49. The molecule has 0 saturated heterocycles. The van der Waals surface area contributed by atoms with Gasteiger partial charge in [0.05, 0.1) is 18.8 Å². The molecule has 110 valence electrons. The molecule has 0 aromatic heterocycles. The van der Waals surface area contributed by atoms with E-state index >= 15 is 0 Å². The summed E-state index contributed by atoms with van der Waals surface area (Å²) in [5.74, 6) is 0. The SMILES string of the molecule is CC(C)(C)OO.CCCCCCOC(=O)OCC. The molecule has 0 bridgehead atoms. The Morgan fingerprint density at radius 2 is 1.61 bits per heavy atom. The van der Waals surface area contributed by atoms with Crippen molar-refractivity contribution >= 4 is 6.16 Å². The summed E-state index contributed by atoms with van der Waals surface area (Å²) in [6.07, 6.45) is 3.91. The van der Waals surface area contributed by atoms with E-state index in [9.17, 15) is 4.79 Å². The third-order valence-corrected chi connectivity index (χ3v) is 1.75. The fourth-order valence-electron chi connectivity index (χ4n) is 0.844. The number of unbranched alkanes of at least 4 members (excludes halogenated alkanes) is 3. The highest BCUT2D eigenvalue weighted by Gasteiger charge is 2.07. The zero-order valence-electron chi connectivity index (χ0n) is 12.3. The van der Waals surface area contributed by atoms with Crippen molar-refractivity contribution in [3.8, 4) is 0 Å². The van der Waals surface area contributed by atoms with E-state index < -0.39 is 11.8 Å². The average Bonchev–Trinajstić information content (AvgIpc) is 2.29. The zero-order chi connectivity index (χ0) is 14.4. The molecule has 0 heterocycles. The van der Waals surface area contributed by atoms with Gasteiger partial charge in [-0.25, -0.2) is 9.68 Å². The molecule has 0 atom stereocenters. The molecule has 1 N–H and O–H groups in total. The summed E-state index contributed by atoms with van der Waals surface area (Å²) < 4.78 is 9.36. The van der Waals surface area contributed by atoms with Crippen LogP contribution in [0.4, 0.5) is 4.79 Å². The summed E-state index contributed by atoms with van der Waals surface area (Å²) in [5.41, 5.74) is -0.403. The molecule has 0 aliphatic carbocycles. The summed E-state index contributed by atoms with van der Waals surface area (Å²) >= 11 is 0. The van der Waals surface area contributed by atoms with Gasteiger partial charge in [0.1, 0.15) is 0 Å². The van der Waals surface area contributed by atoms with E-state index in [0.29, 0.717) is 13.2 Å².